The third-order valence-electron chi connectivity index (χ3n) is 2.97. The second-order valence-corrected chi connectivity index (χ2v) is 6.65. The van der Waals surface area contributed by atoms with E-state index in [1.54, 1.807) is 12.1 Å². The summed E-state index contributed by atoms with van der Waals surface area (Å²) in [6.07, 6.45) is 3.32. The Morgan fingerprint density at radius 3 is 2.63 bits per heavy atom. The molecule has 0 aliphatic heterocycles. The maximum absolute atomic E-state index is 12.1. The highest BCUT2D eigenvalue weighted by atomic mass is 79.9. The van der Waals surface area contributed by atoms with E-state index in [1.165, 1.54) is 6.42 Å². The molecular formula is C15H21BrClNO. The lowest BCUT2D eigenvalue weighted by Crippen LogP contribution is -2.32. The Morgan fingerprint density at radius 1 is 1.32 bits per heavy atom. The van der Waals surface area contributed by atoms with E-state index in [-0.39, 0.29) is 11.9 Å². The molecule has 0 fully saturated rings. The summed E-state index contributed by atoms with van der Waals surface area (Å²) in [5.74, 6) is 0.603. The first-order valence-electron chi connectivity index (χ1n) is 6.66. The number of benzene rings is 1. The van der Waals surface area contributed by atoms with Crippen LogP contribution in [0.15, 0.2) is 22.7 Å². The molecule has 1 amide bonds. The van der Waals surface area contributed by atoms with Gasteiger partial charge in [0.05, 0.1) is 10.6 Å². The van der Waals surface area contributed by atoms with Crippen LogP contribution in [0.3, 0.4) is 0 Å². The van der Waals surface area contributed by atoms with Gasteiger partial charge < -0.3 is 5.32 Å². The monoisotopic (exact) mass is 345 g/mol. The van der Waals surface area contributed by atoms with Crippen LogP contribution >= 0.6 is 27.5 Å². The van der Waals surface area contributed by atoms with E-state index in [4.69, 9.17) is 11.6 Å². The van der Waals surface area contributed by atoms with E-state index in [0.29, 0.717) is 16.5 Å². The zero-order valence-electron chi connectivity index (χ0n) is 11.7. The number of rotatable bonds is 6. The summed E-state index contributed by atoms with van der Waals surface area (Å²) in [4.78, 5) is 12.1. The highest BCUT2D eigenvalue weighted by Crippen LogP contribution is 2.21. The minimum absolute atomic E-state index is 0.108. The fourth-order valence-electron chi connectivity index (χ4n) is 1.88. The van der Waals surface area contributed by atoms with Gasteiger partial charge in [0.25, 0.3) is 5.91 Å². The molecule has 0 bridgehead atoms. The van der Waals surface area contributed by atoms with Gasteiger partial charge in [-0.3, -0.25) is 4.79 Å². The minimum Gasteiger partial charge on any atom is -0.350 e. The van der Waals surface area contributed by atoms with Crippen LogP contribution in [-0.2, 0) is 0 Å². The lowest BCUT2D eigenvalue weighted by Gasteiger charge is -2.15. The fourth-order valence-corrected chi connectivity index (χ4v) is 2.44. The van der Waals surface area contributed by atoms with Gasteiger partial charge in [-0.15, -0.1) is 0 Å². The molecule has 1 N–H and O–H groups in total. The van der Waals surface area contributed by atoms with Crippen molar-refractivity contribution in [3.63, 3.8) is 0 Å². The van der Waals surface area contributed by atoms with Crippen LogP contribution in [0.4, 0.5) is 0 Å². The summed E-state index contributed by atoms with van der Waals surface area (Å²) in [7, 11) is 0. The Labute approximate surface area is 129 Å². The SMILES string of the molecule is CC(C)CCC[C@H](C)NC(=O)c1cc(Br)ccc1Cl. The quantitative estimate of drug-likeness (QED) is 0.767. The van der Waals surface area contributed by atoms with Crippen LogP contribution < -0.4 is 5.32 Å². The number of amides is 1. The highest BCUT2D eigenvalue weighted by Gasteiger charge is 2.13. The Kier molecular flexibility index (Phi) is 6.87. The molecule has 106 valence electrons. The molecule has 1 atom stereocenters. The molecule has 0 heterocycles. The molecule has 19 heavy (non-hydrogen) atoms. The van der Waals surface area contributed by atoms with Gasteiger partial charge in [0.2, 0.25) is 0 Å². The van der Waals surface area contributed by atoms with Crippen molar-refractivity contribution in [2.75, 3.05) is 0 Å². The maximum atomic E-state index is 12.1. The first-order valence-corrected chi connectivity index (χ1v) is 7.83. The Morgan fingerprint density at radius 2 is 2.00 bits per heavy atom. The van der Waals surface area contributed by atoms with E-state index in [0.717, 1.165) is 17.3 Å². The number of halogens is 2. The van der Waals surface area contributed by atoms with Crippen molar-refractivity contribution in [2.45, 2.75) is 46.1 Å². The topological polar surface area (TPSA) is 29.1 Å². The van der Waals surface area contributed by atoms with Crippen molar-refractivity contribution in [2.24, 2.45) is 5.92 Å². The number of hydrogen-bond donors (Lipinski definition) is 1. The Bertz CT molecular complexity index is 434. The van der Waals surface area contributed by atoms with E-state index in [9.17, 15) is 4.79 Å². The van der Waals surface area contributed by atoms with Gasteiger partial charge in [-0.25, -0.2) is 0 Å². The van der Waals surface area contributed by atoms with Crippen molar-refractivity contribution >= 4 is 33.4 Å². The number of carbonyl (C=O) groups excluding carboxylic acids is 1. The Balaban J connectivity index is 2.52. The zero-order chi connectivity index (χ0) is 14.4. The van der Waals surface area contributed by atoms with Crippen LogP contribution in [0.2, 0.25) is 5.02 Å². The minimum atomic E-state index is -0.108. The molecule has 1 rings (SSSR count). The van der Waals surface area contributed by atoms with Crippen molar-refractivity contribution < 1.29 is 4.79 Å². The largest absolute Gasteiger partial charge is 0.350 e. The molecule has 0 saturated carbocycles. The summed E-state index contributed by atoms with van der Waals surface area (Å²) in [6, 6.07) is 5.47. The molecule has 2 nitrogen and oxygen atoms in total. The molecule has 4 heteroatoms. The van der Waals surface area contributed by atoms with Crippen LogP contribution in [-0.4, -0.2) is 11.9 Å². The first kappa shape index (κ1) is 16.5. The molecule has 0 aromatic heterocycles. The van der Waals surface area contributed by atoms with Crippen LogP contribution in [0.5, 0.6) is 0 Å². The summed E-state index contributed by atoms with van der Waals surface area (Å²) in [5, 5.41) is 3.48. The smallest absolute Gasteiger partial charge is 0.253 e. The first-order chi connectivity index (χ1) is 8.90. The Hall–Kier alpha value is -0.540. The lowest BCUT2D eigenvalue weighted by molar-refractivity contribution is 0.0938. The summed E-state index contributed by atoms with van der Waals surface area (Å²) < 4.78 is 0.856. The van der Waals surface area contributed by atoms with Crippen molar-refractivity contribution in [1.29, 1.82) is 0 Å². The molecule has 0 aliphatic rings. The van der Waals surface area contributed by atoms with Gasteiger partial charge in [0, 0.05) is 10.5 Å². The molecule has 0 spiro atoms. The lowest BCUT2D eigenvalue weighted by atomic mass is 10.0. The van der Waals surface area contributed by atoms with E-state index >= 15 is 0 Å². The number of hydrogen-bond acceptors (Lipinski definition) is 1. The number of nitrogens with one attached hydrogen (secondary N) is 1. The van der Waals surface area contributed by atoms with Crippen LogP contribution in [0.1, 0.15) is 50.4 Å². The standard InChI is InChI=1S/C15H21BrClNO/c1-10(2)5-4-6-11(3)18-15(19)13-9-12(16)7-8-14(13)17/h7-11H,4-6H2,1-3H3,(H,18,19)/t11-/m0/s1. The molecule has 0 unspecified atom stereocenters. The third kappa shape index (κ3) is 5.96. The van der Waals surface area contributed by atoms with Gasteiger partial charge >= 0.3 is 0 Å². The molecular weight excluding hydrogens is 326 g/mol. The molecule has 1 aromatic carbocycles. The van der Waals surface area contributed by atoms with Gasteiger partial charge in [-0.2, -0.15) is 0 Å². The van der Waals surface area contributed by atoms with Crippen molar-refractivity contribution in [3.8, 4) is 0 Å². The summed E-state index contributed by atoms with van der Waals surface area (Å²) >= 11 is 9.39. The second-order valence-electron chi connectivity index (χ2n) is 5.32. The highest BCUT2D eigenvalue weighted by molar-refractivity contribution is 9.10. The van der Waals surface area contributed by atoms with Gasteiger partial charge in [0.1, 0.15) is 0 Å². The van der Waals surface area contributed by atoms with E-state index in [1.807, 2.05) is 13.0 Å². The third-order valence-corrected chi connectivity index (χ3v) is 3.79. The number of carbonyl (C=O) groups is 1. The summed E-state index contributed by atoms with van der Waals surface area (Å²) in [5.41, 5.74) is 0.520. The maximum Gasteiger partial charge on any atom is 0.253 e. The molecule has 1 aromatic rings. The summed E-state index contributed by atoms with van der Waals surface area (Å²) in [6.45, 7) is 6.46. The second kappa shape index (κ2) is 7.91. The van der Waals surface area contributed by atoms with Gasteiger partial charge in [-0.05, 0) is 37.5 Å². The average molecular weight is 347 g/mol. The molecule has 0 aliphatic carbocycles. The van der Waals surface area contributed by atoms with Crippen molar-refractivity contribution in [3.05, 3.63) is 33.3 Å². The van der Waals surface area contributed by atoms with Crippen molar-refractivity contribution in [1.82, 2.24) is 5.32 Å². The average Bonchev–Trinajstić information content (AvgIpc) is 2.31. The van der Waals surface area contributed by atoms with E-state index < -0.39 is 0 Å². The van der Waals surface area contributed by atoms with Gasteiger partial charge in [-0.1, -0.05) is 54.2 Å². The normalized spacial score (nSPS) is 12.5. The van der Waals surface area contributed by atoms with Gasteiger partial charge in [0.15, 0.2) is 0 Å². The predicted molar refractivity (Wildman–Crippen MR) is 84.8 cm³/mol. The molecule has 0 saturated heterocycles. The van der Waals surface area contributed by atoms with Crippen LogP contribution in [0.25, 0.3) is 0 Å². The van der Waals surface area contributed by atoms with E-state index in [2.05, 4.69) is 35.1 Å². The zero-order valence-corrected chi connectivity index (χ0v) is 14.0. The fraction of sp³-hybridized carbons (Fsp3) is 0.533. The van der Waals surface area contributed by atoms with Crippen LogP contribution in [0, 0.1) is 5.92 Å². The predicted octanol–water partition coefficient (Wildman–Crippen LogP) is 5.05. The molecule has 0 radical (unpaired) electrons.